The zero-order chi connectivity index (χ0) is 23.8. The maximum atomic E-state index is 13.2. The minimum atomic E-state index is -0.577. The molecule has 1 unspecified atom stereocenters. The summed E-state index contributed by atoms with van der Waals surface area (Å²) >= 11 is 0. The zero-order valence-corrected chi connectivity index (χ0v) is 20.5. The van der Waals surface area contributed by atoms with Crippen molar-refractivity contribution in [3.05, 3.63) is 65.2 Å². The standard InChI is InChI=1S/C28H38N2O3/c1-20(2)24-13-15-26(16-14-24)33-19-27(31)30(18-23-10-8-9-21(3)17-23)22(4)28(32)29-25-11-6-5-7-12-25/h8-10,13-17,20,22,25H,5-7,11-12,18-19H2,1-4H3,(H,29,32). The second-order valence-electron chi connectivity index (χ2n) is 9.54. The molecule has 178 valence electrons. The summed E-state index contributed by atoms with van der Waals surface area (Å²) in [5.41, 5.74) is 3.35. The van der Waals surface area contributed by atoms with Gasteiger partial charge in [0, 0.05) is 12.6 Å². The molecule has 0 radical (unpaired) electrons. The minimum Gasteiger partial charge on any atom is -0.484 e. The van der Waals surface area contributed by atoms with Crippen LogP contribution in [0.2, 0.25) is 0 Å². The molecule has 5 heteroatoms. The second-order valence-corrected chi connectivity index (χ2v) is 9.54. The van der Waals surface area contributed by atoms with Gasteiger partial charge in [0.15, 0.2) is 6.61 Å². The first kappa shape index (κ1) is 24.8. The van der Waals surface area contributed by atoms with Crippen LogP contribution >= 0.6 is 0 Å². The molecule has 2 aromatic carbocycles. The third kappa shape index (κ3) is 7.34. The van der Waals surface area contributed by atoms with Crippen LogP contribution in [0.25, 0.3) is 0 Å². The van der Waals surface area contributed by atoms with Gasteiger partial charge < -0.3 is 15.0 Å². The molecule has 1 atom stereocenters. The molecule has 1 aliphatic carbocycles. The Hall–Kier alpha value is -2.82. The van der Waals surface area contributed by atoms with Gasteiger partial charge in [0.25, 0.3) is 5.91 Å². The largest absolute Gasteiger partial charge is 0.484 e. The summed E-state index contributed by atoms with van der Waals surface area (Å²) in [4.78, 5) is 27.9. The van der Waals surface area contributed by atoms with Crippen molar-refractivity contribution in [2.45, 2.75) is 84.3 Å². The van der Waals surface area contributed by atoms with Crippen LogP contribution in [0.1, 0.15) is 75.5 Å². The highest BCUT2D eigenvalue weighted by atomic mass is 16.5. The number of ether oxygens (including phenoxy) is 1. The van der Waals surface area contributed by atoms with Crippen LogP contribution in [0.4, 0.5) is 0 Å². The summed E-state index contributed by atoms with van der Waals surface area (Å²) in [6, 6.07) is 15.5. The number of nitrogens with zero attached hydrogens (tertiary/aromatic N) is 1. The van der Waals surface area contributed by atoms with E-state index in [1.807, 2.05) is 56.3 Å². The number of rotatable bonds is 9. The summed E-state index contributed by atoms with van der Waals surface area (Å²) in [7, 11) is 0. The van der Waals surface area contributed by atoms with E-state index in [0.717, 1.165) is 36.8 Å². The molecule has 2 aromatic rings. The van der Waals surface area contributed by atoms with Crippen molar-refractivity contribution in [3.63, 3.8) is 0 Å². The molecule has 0 bridgehead atoms. The van der Waals surface area contributed by atoms with E-state index in [0.29, 0.717) is 18.2 Å². The van der Waals surface area contributed by atoms with Gasteiger partial charge in [0.05, 0.1) is 0 Å². The average molecular weight is 451 g/mol. The number of benzene rings is 2. The van der Waals surface area contributed by atoms with Crippen LogP contribution in [-0.4, -0.2) is 35.4 Å². The number of aryl methyl sites for hydroxylation is 1. The molecule has 1 N–H and O–H groups in total. The molecule has 1 aliphatic rings. The van der Waals surface area contributed by atoms with Gasteiger partial charge in [-0.1, -0.05) is 75.1 Å². The lowest BCUT2D eigenvalue weighted by molar-refractivity contribution is -0.142. The molecule has 1 saturated carbocycles. The summed E-state index contributed by atoms with van der Waals surface area (Å²) in [5.74, 6) is 0.802. The first-order chi connectivity index (χ1) is 15.8. The molecule has 33 heavy (non-hydrogen) atoms. The first-order valence-electron chi connectivity index (χ1n) is 12.2. The maximum absolute atomic E-state index is 13.2. The average Bonchev–Trinajstić information content (AvgIpc) is 2.81. The van der Waals surface area contributed by atoms with E-state index in [-0.39, 0.29) is 24.5 Å². The Bertz CT molecular complexity index is 917. The quantitative estimate of drug-likeness (QED) is 0.559. The van der Waals surface area contributed by atoms with Crippen molar-refractivity contribution in [2.75, 3.05) is 6.61 Å². The number of hydrogen-bond donors (Lipinski definition) is 1. The molecule has 0 aromatic heterocycles. The Kier molecular flexibility index (Phi) is 8.93. The minimum absolute atomic E-state index is 0.0933. The lowest BCUT2D eigenvalue weighted by Gasteiger charge is -2.31. The van der Waals surface area contributed by atoms with Gasteiger partial charge in [0.1, 0.15) is 11.8 Å². The van der Waals surface area contributed by atoms with Gasteiger partial charge in [-0.25, -0.2) is 0 Å². The molecule has 0 heterocycles. The van der Waals surface area contributed by atoms with E-state index in [1.54, 1.807) is 4.90 Å². The van der Waals surface area contributed by atoms with Crippen molar-refractivity contribution in [1.29, 1.82) is 0 Å². The molecular formula is C28H38N2O3. The normalized spacial score (nSPS) is 15.2. The van der Waals surface area contributed by atoms with Gasteiger partial charge >= 0.3 is 0 Å². The van der Waals surface area contributed by atoms with E-state index in [1.165, 1.54) is 12.0 Å². The van der Waals surface area contributed by atoms with Crippen molar-refractivity contribution in [1.82, 2.24) is 10.2 Å². The molecular weight excluding hydrogens is 412 g/mol. The SMILES string of the molecule is Cc1cccc(CN(C(=O)COc2ccc(C(C)C)cc2)C(C)C(=O)NC2CCCCC2)c1. The second kappa shape index (κ2) is 11.9. The monoisotopic (exact) mass is 450 g/mol. The molecule has 3 rings (SSSR count). The molecule has 1 fully saturated rings. The Morgan fingerprint density at radius 2 is 1.73 bits per heavy atom. The zero-order valence-electron chi connectivity index (χ0n) is 20.5. The fourth-order valence-corrected chi connectivity index (χ4v) is 4.34. The van der Waals surface area contributed by atoms with Crippen molar-refractivity contribution >= 4 is 11.8 Å². The van der Waals surface area contributed by atoms with E-state index >= 15 is 0 Å². The van der Waals surface area contributed by atoms with Gasteiger partial charge in [-0.15, -0.1) is 0 Å². The van der Waals surface area contributed by atoms with Crippen molar-refractivity contribution in [3.8, 4) is 5.75 Å². The Labute approximate surface area is 198 Å². The molecule has 5 nitrogen and oxygen atoms in total. The van der Waals surface area contributed by atoms with E-state index in [2.05, 4.69) is 25.2 Å². The van der Waals surface area contributed by atoms with E-state index in [4.69, 9.17) is 4.74 Å². The number of nitrogens with one attached hydrogen (secondary N) is 1. The summed E-state index contributed by atoms with van der Waals surface area (Å²) in [5, 5.41) is 3.17. The Balaban J connectivity index is 1.69. The van der Waals surface area contributed by atoms with Gasteiger partial charge in [-0.3, -0.25) is 9.59 Å². The molecule has 0 aliphatic heterocycles. The summed E-state index contributed by atoms with van der Waals surface area (Å²) in [6.07, 6.45) is 5.55. The number of carbonyl (C=O) groups excluding carboxylic acids is 2. The predicted octanol–water partition coefficient (Wildman–Crippen LogP) is 5.36. The molecule has 2 amide bonds. The highest BCUT2D eigenvalue weighted by Gasteiger charge is 2.28. The van der Waals surface area contributed by atoms with Crippen LogP contribution in [0.15, 0.2) is 48.5 Å². The summed E-state index contributed by atoms with van der Waals surface area (Å²) < 4.78 is 5.80. The first-order valence-corrected chi connectivity index (χ1v) is 12.2. The smallest absolute Gasteiger partial charge is 0.261 e. The molecule has 0 saturated heterocycles. The molecule has 0 spiro atoms. The fourth-order valence-electron chi connectivity index (χ4n) is 4.34. The highest BCUT2D eigenvalue weighted by molar-refractivity contribution is 5.88. The van der Waals surface area contributed by atoms with Crippen LogP contribution < -0.4 is 10.1 Å². The Morgan fingerprint density at radius 1 is 1.03 bits per heavy atom. The number of hydrogen-bond acceptors (Lipinski definition) is 3. The Morgan fingerprint density at radius 3 is 2.36 bits per heavy atom. The number of carbonyl (C=O) groups is 2. The topological polar surface area (TPSA) is 58.6 Å². The third-order valence-corrected chi connectivity index (χ3v) is 6.46. The van der Waals surface area contributed by atoms with Crippen LogP contribution in [-0.2, 0) is 16.1 Å². The van der Waals surface area contributed by atoms with E-state index < -0.39 is 6.04 Å². The van der Waals surface area contributed by atoms with Crippen molar-refractivity contribution < 1.29 is 14.3 Å². The van der Waals surface area contributed by atoms with Gasteiger partial charge in [-0.05, 0) is 55.9 Å². The van der Waals surface area contributed by atoms with E-state index in [9.17, 15) is 9.59 Å². The van der Waals surface area contributed by atoms with Crippen LogP contribution in [0, 0.1) is 6.92 Å². The van der Waals surface area contributed by atoms with Crippen LogP contribution in [0.5, 0.6) is 5.75 Å². The fraction of sp³-hybridized carbons (Fsp3) is 0.500. The lowest BCUT2D eigenvalue weighted by atomic mass is 9.95. The summed E-state index contributed by atoms with van der Waals surface area (Å²) in [6.45, 7) is 8.38. The maximum Gasteiger partial charge on any atom is 0.261 e. The third-order valence-electron chi connectivity index (χ3n) is 6.46. The van der Waals surface area contributed by atoms with Gasteiger partial charge in [0.2, 0.25) is 5.91 Å². The number of amides is 2. The predicted molar refractivity (Wildman–Crippen MR) is 132 cm³/mol. The van der Waals surface area contributed by atoms with Crippen molar-refractivity contribution in [2.24, 2.45) is 0 Å². The van der Waals surface area contributed by atoms with Gasteiger partial charge in [-0.2, -0.15) is 0 Å². The highest BCUT2D eigenvalue weighted by Crippen LogP contribution is 2.20. The lowest BCUT2D eigenvalue weighted by Crippen LogP contribution is -2.51. The van der Waals surface area contributed by atoms with Crippen LogP contribution in [0.3, 0.4) is 0 Å².